The minimum atomic E-state index is -0.920. The molecule has 7 heteroatoms. The lowest BCUT2D eigenvalue weighted by atomic mass is 10.2. The van der Waals surface area contributed by atoms with Crippen molar-refractivity contribution >= 4 is 29.1 Å². The Bertz CT molecular complexity index is 885. The highest BCUT2D eigenvalue weighted by atomic mass is 35.5. The van der Waals surface area contributed by atoms with Gasteiger partial charge in [0.2, 0.25) is 5.95 Å². The lowest BCUT2D eigenvalue weighted by Crippen LogP contribution is -2.06. The summed E-state index contributed by atoms with van der Waals surface area (Å²) >= 11 is 5.86. The highest BCUT2D eigenvalue weighted by Gasteiger charge is 2.06. The molecular formula is C18H15ClF2N4. The fraction of sp³-hybridized carbons (Fsp3) is 0.111. The van der Waals surface area contributed by atoms with Crippen molar-refractivity contribution in [3.63, 3.8) is 0 Å². The molecule has 0 aliphatic heterocycles. The molecule has 0 saturated carbocycles. The fourth-order valence-corrected chi connectivity index (χ4v) is 2.34. The molecule has 3 aromatic rings. The Labute approximate surface area is 148 Å². The number of hydrogen-bond donors (Lipinski definition) is 2. The van der Waals surface area contributed by atoms with Crippen molar-refractivity contribution < 1.29 is 8.78 Å². The lowest BCUT2D eigenvalue weighted by molar-refractivity contribution is 0.509. The van der Waals surface area contributed by atoms with Gasteiger partial charge in [0.15, 0.2) is 11.6 Å². The molecular weight excluding hydrogens is 346 g/mol. The standard InChI is InChI=1S/C18H15ClF2N4/c1-11-8-17(24-14-6-7-15(20)16(21)9-14)25-18(23-11)22-10-12-2-4-13(19)5-3-12/h2-9H,10H2,1H3,(H2,22,23,24,25). The second-order valence-electron chi connectivity index (χ2n) is 5.45. The Morgan fingerprint density at radius 3 is 2.44 bits per heavy atom. The van der Waals surface area contributed by atoms with Crippen LogP contribution in [-0.4, -0.2) is 9.97 Å². The van der Waals surface area contributed by atoms with E-state index < -0.39 is 11.6 Å². The summed E-state index contributed by atoms with van der Waals surface area (Å²) in [5, 5.41) is 6.75. The first-order chi connectivity index (χ1) is 12.0. The van der Waals surface area contributed by atoms with Gasteiger partial charge in [-0.05, 0) is 36.8 Å². The van der Waals surface area contributed by atoms with E-state index in [0.717, 1.165) is 23.4 Å². The van der Waals surface area contributed by atoms with Gasteiger partial charge in [0.1, 0.15) is 5.82 Å². The third kappa shape index (κ3) is 4.64. The zero-order valence-electron chi connectivity index (χ0n) is 13.4. The normalized spacial score (nSPS) is 10.6. The maximum Gasteiger partial charge on any atom is 0.225 e. The number of nitrogens with zero attached hydrogens (tertiary/aromatic N) is 2. The summed E-state index contributed by atoms with van der Waals surface area (Å²) in [4.78, 5) is 8.66. The van der Waals surface area contributed by atoms with E-state index >= 15 is 0 Å². The van der Waals surface area contributed by atoms with Crippen LogP contribution < -0.4 is 10.6 Å². The largest absolute Gasteiger partial charge is 0.350 e. The summed E-state index contributed by atoms with van der Waals surface area (Å²) in [6.07, 6.45) is 0. The number of aromatic nitrogens is 2. The Balaban J connectivity index is 1.73. The maximum atomic E-state index is 13.3. The second-order valence-corrected chi connectivity index (χ2v) is 5.89. The van der Waals surface area contributed by atoms with Gasteiger partial charge in [-0.3, -0.25) is 0 Å². The molecule has 25 heavy (non-hydrogen) atoms. The number of aryl methyl sites for hydroxylation is 1. The topological polar surface area (TPSA) is 49.8 Å². The minimum Gasteiger partial charge on any atom is -0.350 e. The molecule has 3 rings (SSSR count). The van der Waals surface area contributed by atoms with Crippen molar-refractivity contribution in [2.24, 2.45) is 0 Å². The highest BCUT2D eigenvalue weighted by molar-refractivity contribution is 6.30. The summed E-state index contributed by atoms with van der Waals surface area (Å²) in [7, 11) is 0. The first-order valence-electron chi connectivity index (χ1n) is 7.56. The van der Waals surface area contributed by atoms with Gasteiger partial charge >= 0.3 is 0 Å². The number of rotatable bonds is 5. The third-order valence-electron chi connectivity index (χ3n) is 3.41. The van der Waals surface area contributed by atoms with E-state index in [0.29, 0.717) is 29.0 Å². The molecule has 0 saturated heterocycles. The summed E-state index contributed by atoms with van der Waals surface area (Å²) < 4.78 is 26.3. The molecule has 0 amide bonds. The molecule has 0 aliphatic carbocycles. The fourth-order valence-electron chi connectivity index (χ4n) is 2.22. The maximum absolute atomic E-state index is 13.3. The van der Waals surface area contributed by atoms with E-state index in [1.165, 1.54) is 6.07 Å². The number of halogens is 3. The van der Waals surface area contributed by atoms with Crippen LogP contribution in [0.5, 0.6) is 0 Å². The molecule has 1 aromatic heterocycles. The summed E-state index contributed by atoms with van der Waals surface area (Å²) in [6.45, 7) is 2.36. The summed E-state index contributed by atoms with van der Waals surface area (Å²) in [6, 6.07) is 12.7. The number of nitrogens with one attached hydrogen (secondary N) is 2. The van der Waals surface area contributed by atoms with Crippen LogP contribution in [0.1, 0.15) is 11.3 Å². The monoisotopic (exact) mass is 360 g/mol. The smallest absolute Gasteiger partial charge is 0.225 e. The predicted octanol–water partition coefficient (Wildman–Crippen LogP) is 5.07. The Hall–Kier alpha value is -2.73. The van der Waals surface area contributed by atoms with Gasteiger partial charge in [-0.1, -0.05) is 23.7 Å². The SMILES string of the molecule is Cc1cc(Nc2ccc(F)c(F)c2)nc(NCc2ccc(Cl)cc2)n1. The Kier molecular flexibility index (Phi) is 5.09. The van der Waals surface area contributed by atoms with Gasteiger partial charge < -0.3 is 10.6 Å². The Morgan fingerprint density at radius 1 is 0.960 bits per heavy atom. The number of anilines is 3. The average Bonchev–Trinajstić information content (AvgIpc) is 2.57. The Morgan fingerprint density at radius 2 is 1.72 bits per heavy atom. The molecule has 128 valence electrons. The summed E-state index contributed by atoms with van der Waals surface area (Å²) in [5.41, 5.74) is 2.17. The van der Waals surface area contributed by atoms with Gasteiger partial charge in [0, 0.05) is 35.1 Å². The molecule has 0 aliphatic rings. The minimum absolute atomic E-state index is 0.403. The van der Waals surface area contributed by atoms with Gasteiger partial charge in [0.25, 0.3) is 0 Å². The zero-order valence-corrected chi connectivity index (χ0v) is 14.1. The van der Waals surface area contributed by atoms with Crippen LogP contribution in [0.4, 0.5) is 26.2 Å². The van der Waals surface area contributed by atoms with E-state index in [1.54, 1.807) is 6.07 Å². The van der Waals surface area contributed by atoms with Crippen LogP contribution in [0.2, 0.25) is 5.02 Å². The molecule has 0 unspecified atom stereocenters. The van der Waals surface area contributed by atoms with E-state index in [-0.39, 0.29) is 0 Å². The van der Waals surface area contributed by atoms with Crippen LogP contribution in [0.15, 0.2) is 48.5 Å². The third-order valence-corrected chi connectivity index (χ3v) is 3.66. The van der Waals surface area contributed by atoms with Gasteiger partial charge in [-0.2, -0.15) is 4.98 Å². The quantitative estimate of drug-likeness (QED) is 0.666. The van der Waals surface area contributed by atoms with E-state index in [9.17, 15) is 8.78 Å². The predicted molar refractivity (Wildman–Crippen MR) is 95.2 cm³/mol. The molecule has 4 nitrogen and oxygen atoms in total. The second kappa shape index (κ2) is 7.44. The molecule has 1 heterocycles. The summed E-state index contributed by atoms with van der Waals surface area (Å²) in [5.74, 6) is -0.899. The van der Waals surface area contributed by atoms with Gasteiger partial charge in [-0.15, -0.1) is 0 Å². The van der Waals surface area contributed by atoms with Crippen molar-refractivity contribution in [3.8, 4) is 0 Å². The lowest BCUT2D eigenvalue weighted by Gasteiger charge is -2.10. The van der Waals surface area contributed by atoms with E-state index in [4.69, 9.17) is 11.6 Å². The first-order valence-corrected chi connectivity index (χ1v) is 7.93. The highest BCUT2D eigenvalue weighted by Crippen LogP contribution is 2.19. The molecule has 2 aromatic carbocycles. The van der Waals surface area contributed by atoms with Crippen LogP contribution in [-0.2, 0) is 6.54 Å². The van der Waals surface area contributed by atoms with Gasteiger partial charge in [-0.25, -0.2) is 13.8 Å². The van der Waals surface area contributed by atoms with Crippen molar-refractivity contribution in [1.29, 1.82) is 0 Å². The van der Waals surface area contributed by atoms with Crippen molar-refractivity contribution in [1.82, 2.24) is 9.97 Å². The average molecular weight is 361 g/mol. The number of benzene rings is 2. The molecule has 0 bridgehead atoms. The van der Waals surface area contributed by atoms with E-state index in [2.05, 4.69) is 20.6 Å². The van der Waals surface area contributed by atoms with Crippen LogP contribution in [0.3, 0.4) is 0 Å². The first kappa shape index (κ1) is 17.1. The van der Waals surface area contributed by atoms with Crippen LogP contribution in [0, 0.1) is 18.6 Å². The van der Waals surface area contributed by atoms with Gasteiger partial charge in [0.05, 0.1) is 0 Å². The van der Waals surface area contributed by atoms with Crippen molar-refractivity contribution in [3.05, 3.63) is 76.4 Å². The molecule has 0 atom stereocenters. The van der Waals surface area contributed by atoms with Crippen molar-refractivity contribution in [2.45, 2.75) is 13.5 Å². The van der Waals surface area contributed by atoms with Crippen LogP contribution >= 0.6 is 11.6 Å². The van der Waals surface area contributed by atoms with Crippen LogP contribution in [0.25, 0.3) is 0 Å². The number of hydrogen-bond acceptors (Lipinski definition) is 4. The van der Waals surface area contributed by atoms with Crippen molar-refractivity contribution in [2.75, 3.05) is 10.6 Å². The molecule has 0 fully saturated rings. The molecule has 0 spiro atoms. The molecule has 2 N–H and O–H groups in total. The van der Waals surface area contributed by atoms with E-state index in [1.807, 2.05) is 31.2 Å². The zero-order chi connectivity index (χ0) is 17.8. The molecule has 0 radical (unpaired) electrons.